The van der Waals surface area contributed by atoms with Crippen molar-refractivity contribution in [2.24, 2.45) is 11.8 Å². The highest BCUT2D eigenvalue weighted by Gasteiger charge is 2.77. The zero-order valence-electron chi connectivity index (χ0n) is 31.5. The fourth-order valence-electron chi connectivity index (χ4n) is 8.63. The van der Waals surface area contributed by atoms with Crippen molar-refractivity contribution in [3.05, 3.63) is 97.1 Å². The van der Waals surface area contributed by atoms with E-state index in [0.717, 1.165) is 18.4 Å². The molecule has 2 bridgehead atoms. The van der Waals surface area contributed by atoms with Crippen LogP contribution < -0.4 is 5.32 Å². The lowest BCUT2D eigenvalue weighted by atomic mass is 9.70. The van der Waals surface area contributed by atoms with E-state index in [-0.39, 0.29) is 48.7 Å². The van der Waals surface area contributed by atoms with Gasteiger partial charge in [0, 0.05) is 30.9 Å². The molecule has 3 amide bonds. The second-order valence-electron chi connectivity index (χ2n) is 14.6. The van der Waals surface area contributed by atoms with Crippen LogP contribution in [-0.2, 0) is 39.8 Å². The number of amides is 3. The van der Waals surface area contributed by atoms with Gasteiger partial charge in [0.1, 0.15) is 17.7 Å². The number of halogens is 1. The molecule has 3 aliphatic heterocycles. The van der Waals surface area contributed by atoms with Crippen LogP contribution in [0.4, 0.5) is 0 Å². The van der Waals surface area contributed by atoms with Crippen molar-refractivity contribution < 1.29 is 38.5 Å². The van der Waals surface area contributed by atoms with Gasteiger partial charge in [0.25, 0.3) is 0 Å². The molecule has 1 spiro atoms. The molecule has 54 heavy (non-hydrogen) atoms. The number of carbonyl (C=O) groups is 4. The number of hydrogen-bond acceptors (Lipinski definition) is 8. The quantitative estimate of drug-likeness (QED) is 0.109. The number of nitrogens with one attached hydrogen (secondary N) is 1. The van der Waals surface area contributed by atoms with Crippen LogP contribution >= 0.6 is 15.9 Å². The maximum atomic E-state index is 15.0. The summed E-state index contributed by atoms with van der Waals surface area (Å²) >= 11 is 3.76. The van der Waals surface area contributed by atoms with Gasteiger partial charge in [-0.05, 0) is 43.7 Å². The first-order valence-corrected chi connectivity index (χ1v) is 19.8. The highest BCUT2D eigenvalue weighted by Crippen LogP contribution is 2.61. The molecule has 5 rings (SSSR count). The predicted octanol–water partition coefficient (Wildman–Crippen LogP) is 4.92. The highest BCUT2D eigenvalue weighted by molar-refractivity contribution is 9.09. The van der Waals surface area contributed by atoms with Gasteiger partial charge >= 0.3 is 5.97 Å². The number of fused-ring (bicyclic) bond motifs is 1. The number of aliphatic hydroxyl groups is 1. The number of rotatable bonds is 20. The minimum absolute atomic E-state index is 0.0434. The van der Waals surface area contributed by atoms with E-state index in [1.165, 1.54) is 12.0 Å². The molecule has 11 nitrogen and oxygen atoms in total. The van der Waals surface area contributed by atoms with E-state index in [1.807, 2.05) is 55.5 Å². The lowest BCUT2D eigenvalue weighted by molar-refractivity contribution is -0.163. The van der Waals surface area contributed by atoms with Crippen LogP contribution in [0.25, 0.3) is 0 Å². The van der Waals surface area contributed by atoms with E-state index in [4.69, 9.17) is 14.2 Å². The largest absolute Gasteiger partial charge is 0.455 e. The monoisotopic (exact) mass is 807 g/mol. The average molecular weight is 809 g/mol. The number of aliphatic hydroxyl groups excluding tert-OH is 1. The third kappa shape index (κ3) is 8.36. The van der Waals surface area contributed by atoms with Gasteiger partial charge < -0.3 is 34.4 Å². The van der Waals surface area contributed by atoms with Crippen molar-refractivity contribution in [1.29, 1.82) is 0 Å². The number of alkyl halides is 1. The molecular formula is C42H54BrN3O8. The lowest BCUT2D eigenvalue weighted by Gasteiger charge is -2.41. The molecule has 3 heterocycles. The first kappa shape index (κ1) is 41.3. The van der Waals surface area contributed by atoms with Crippen LogP contribution in [0.15, 0.2) is 86.0 Å². The number of hydrogen-bond donors (Lipinski definition) is 2. The Morgan fingerprint density at radius 2 is 1.81 bits per heavy atom. The molecule has 292 valence electrons. The van der Waals surface area contributed by atoms with Gasteiger partial charge in [-0.1, -0.05) is 102 Å². The van der Waals surface area contributed by atoms with E-state index >= 15 is 9.59 Å². The van der Waals surface area contributed by atoms with Crippen LogP contribution in [0.3, 0.4) is 0 Å². The van der Waals surface area contributed by atoms with Crippen LogP contribution in [0.5, 0.6) is 0 Å². The molecule has 3 saturated heterocycles. The molecule has 0 aromatic heterocycles. The molecule has 3 aliphatic rings. The maximum absolute atomic E-state index is 15.0. The second kappa shape index (κ2) is 18.7. The van der Waals surface area contributed by atoms with Gasteiger partial charge in [0.2, 0.25) is 17.7 Å². The highest BCUT2D eigenvalue weighted by atomic mass is 79.9. The Hall–Kier alpha value is -3.84. The van der Waals surface area contributed by atoms with Crippen molar-refractivity contribution >= 4 is 39.6 Å². The average Bonchev–Trinajstić information content (AvgIpc) is 3.77. The van der Waals surface area contributed by atoms with Gasteiger partial charge in [-0.15, -0.1) is 13.2 Å². The van der Waals surface area contributed by atoms with Gasteiger partial charge in [-0.25, -0.2) is 0 Å². The van der Waals surface area contributed by atoms with E-state index < -0.39 is 66.3 Å². The summed E-state index contributed by atoms with van der Waals surface area (Å²) in [5.41, 5.74) is 0.142. The Morgan fingerprint density at radius 1 is 1.13 bits per heavy atom. The molecule has 0 aliphatic carbocycles. The third-order valence-corrected chi connectivity index (χ3v) is 11.8. The fraction of sp³-hybridized carbons (Fsp3) is 0.524. The Labute approximate surface area is 327 Å². The van der Waals surface area contributed by atoms with Gasteiger partial charge in [-0.3, -0.25) is 19.2 Å². The first-order chi connectivity index (χ1) is 26.1. The number of nitrogens with zero attached hydrogens (tertiary/aromatic N) is 2. The van der Waals surface area contributed by atoms with E-state index in [0.29, 0.717) is 18.4 Å². The number of carbonyl (C=O) groups excluding carboxylic acids is 4. The van der Waals surface area contributed by atoms with Crippen molar-refractivity contribution in [3.8, 4) is 0 Å². The summed E-state index contributed by atoms with van der Waals surface area (Å²) < 4.78 is 18.7. The first-order valence-electron chi connectivity index (χ1n) is 18.9. The van der Waals surface area contributed by atoms with Crippen molar-refractivity contribution in [2.75, 3.05) is 26.9 Å². The molecule has 0 saturated carbocycles. The zero-order valence-corrected chi connectivity index (χ0v) is 33.1. The molecule has 3 fully saturated rings. The molecule has 2 unspecified atom stereocenters. The topological polar surface area (TPSA) is 135 Å². The lowest BCUT2D eigenvalue weighted by Crippen LogP contribution is -2.60. The third-order valence-electron chi connectivity index (χ3n) is 11.0. The summed E-state index contributed by atoms with van der Waals surface area (Å²) in [5, 5.41) is 13.9. The summed E-state index contributed by atoms with van der Waals surface area (Å²) in [4.78, 5) is 60.6. The number of allylic oxidation sites excluding steroid dienone is 1. The molecule has 2 N–H and O–H groups in total. The minimum Gasteiger partial charge on any atom is -0.455 e. The summed E-state index contributed by atoms with van der Waals surface area (Å²) in [6, 6.07) is 15.8. The van der Waals surface area contributed by atoms with Gasteiger partial charge in [0.05, 0.1) is 43.2 Å². The molecule has 12 heteroatoms. The number of methoxy groups -OCH3 is 1. The molecular weight excluding hydrogens is 754 g/mol. The Kier molecular flexibility index (Phi) is 14.3. The van der Waals surface area contributed by atoms with Crippen LogP contribution in [0, 0.1) is 11.8 Å². The number of esters is 1. The van der Waals surface area contributed by atoms with Gasteiger partial charge in [-0.2, -0.15) is 0 Å². The predicted molar refractivity (Wildman–Crippen MR) is 208 cm³/mol. The maximum Gasteiger partial charge on any atom is 0.313 e. The molecule has 0 radical (unpaired) electrons. The van der Waals surface area contributed by atoms with Crippen molar-refractivity contribution in [2.45, 2.75) is 99.2 Å². The molecule has 2 aromatic rings. The number of benzene rings is 2. The van der Waals surface area contributed by atoms with E-state index in [2.05, 4.69) is 41.3 Å². The molecule has 10 atom stereocenters. The Bertz CT molecular complexity index is 1630. The molecule has 2 aromatic carbocycles. The van der Waals surface area contributed by atoms with E-state index in [1.54, 1.807) is 29.2 Å². The number of ether oxygens (including phenoxy) is 3. The van der Waals surface area contributed by atoms with Gasteiger partial charge in [0.15, 0.2) is 0 Å². The summed E-state index contributed by atoms with van der Waals surface area (Å²) in [5.74, 6) is -3.82. The summed E-state index contributed by atoms with van der Waals surface area (Å²) in [6.07, 6.45) is 4.41. The van der Waals surface area contributed by atoms with Crippen LogP contribution in [0.2, 0.25) is 0 Å². The fourth-order valence-corrected chi connectivity index (χ4v) is 9.57. The smallest absolute Gasteiger partial charge is 0.313 e. The van der Waals surface area contributed by atoms with Crippen LogP contribution in [-0.4, -0.2) is 106 Å². The minimum atomic E-state index is -1.38. The summed E-state index contributed by atoms with van der Waals surface area (Å²) in [6.45, 7) is 11.5. The Balaban J connectivity index is 1.56. The standard InChI is InChI=1S/C42H54BrN3O8/c1-6-9-21-33(48)44-32(26-52-5)36(29-19-14-11-15-20-29)53-41(51)34-35-39(49)46(30(25-47)23-28-17-12-10-13-18-28)38(42(35)24-31(43)37(34)54-42)40(50)45(22-8-3)27(4)16-7-2/h6,8,10-15,17-20,27,30-32,34-38,47H,1,3,7,9,16,21-26H2,2,4-5H3,(H,44,48)/t27?,30-,31?,32-,34+,35-,36-,37+,38+,42-/m1/s1. The zero-order chi connectivity index (χ0) is 39.0. The van der Waals surface area contributed by atoms with Crippen molar-refractivity contribution in [1.82, 2.24) is 15.1 Å². The Morgan fingerprint density at radius 3 is 2.43 bits per heavy atom. The summed E-state index contributed by atoms with van der Waals surface area (Å²) in [7, 11) is 1.50. The SMILES string of the molecule is C=CCCC(=O)N[C@H](COC)[C@H](OC(=O)[C@@H]1[C@H]2O[C@@]3(CC2Br)[C@H](C(=O)N(CC=C)C(C)CCC)N([C@@H](CO)Cc2ccccc2)C(=O)[C@@H]13)c1ccccc1. The van der Waals surface area contributed by atoms with E-state index in [9.17, 15) is 14.7 Å². The van der Waals surface area contributed by atoms with Crippen LogP contribution in [0.1, 0.15) is 63.2 Å². The van der Waals surface area contributed by atoms with Crippen molar-refractivity contribution in [3.63, 3.8) is 0 Å². The number of likely N-dealkylation sites (tertiary alicyclic amines) is 1. The second-order valence-corrected chi connectivity index (χ2v) is 15.8. The normalized spacial score (nSPS) is 26.4.